The Morgan fingerprint density at radius 3 is 2.50 bits per heavy atom. The van der Waals surface area contributed by atoms with Gasteiger partial charge in [-0.1, -0.05) is 0 Å². The fourth-order valence-electron chi connectivity index (χ4n) is 0.0997. The summed E-state index contributed by atoms with van der Waals surface area (Å²) in [6, 6.07) is 0. The van der Waals surface area contributed by atoms with Gasteiger partial charge >= 0.3 is 0 Å². The van der Waals surface area contributed by atoms with Gasteiger partial charge in [-0.2, -0.15) is 4.28 Å². The summed E-state index contributed by atoms with van der Waals surface area (Å²) >= 11 is -1.92. The lowest BCUT2D eigenvalue weighted by molar-refractivity contribution is -0.124. The molecule has 8 heavy (non-hydrogen) atoms. The highest BCUT2D eigenvalue weighted by molar-refractivity contribution is 7.77. The Balaban J connectivity index is 3.18. The van der Waals surface area contributed by atoms with Gasteiger partial charge < -0.3 is 0 Å². The van der Waals surface area contributed by atoms with Crippen LogP contribution in [0, 0.1) is 0 Å². The average molecular weight is 138 g/mol. The maximum absolute atomic E-state index is 9.92. The van der Waals surface area contributed by atoms with E-state index in [0.717, 1.165) is 0 Å². The lowest BCUT2D eigenvalue weighted by Crippen LogP contribution is -2.24. The molecule has 0 aliphatic rings. The number of amides is 1. The van der Waals surface area contributed by atoms with Gasteiger partial charge in [0.15, 0.2) is 0 Å². The molecule has 0 aliphatic carbocycles. The van der Waals surface area contributed by atoms with Gasteiger partial charge in [-0.3, -0.25) is 4.79 Å². The minimum absolute atomic E-state index is 0.441. The van der Waals surface area contributed by atoms with Crippen LogP contribution in [-0.4, -0.2) is 10.1 Å². The molecule has 6 heteroatoms. The lowest BCUT2D eigenvalue weighted by Gasteiger charge is -1.93. The van der Waals surface area contributed by atoms with Crippen LogP contribution in [0.2, 0.25) is 0 Å². The Bertz CT molecular complexity index is 99.9. The third-order valence-electron chi connectivity index (χ3n) is 0.268. The fourth-order valence-corrected chi connectivity index (χ4v) is 0.299. The van der Waals surface area contributed by atoms with Crippen molar-refractivity contribution in [1.29, 1.82) is 0 Å². The van der Waals surface area contributed by atoms with Gasteiger partial charge in [0.25, 0.3) is 11.3 Å². The first-order valence-electron chi connectivity index (χ1n) is 1.73. The Kier molecular flexibility index (Phi) is 3.33. The van der Waals surface area contributed by atoms with Crippen molar-refractivity contribution >= 4 is 17.2 Å². The Morgan fingerprint density at radius 2 is 2.38 bits per heavy atom. The van der Waals surface area contributed by atoms with E-state index in [1.54, 1.807) is 5.48 Å². The van der Waals surface area contributed by atoms with Crippen molar-refractivity contribution < 1.29 is 13.3 Å². The second kappa shape index (κ2) is 3.53. The maximum Gasteiger partial charge on any atom is 0.254 e. The van der Waals surface area contributed by atoms with Crippen molar-refractivity contribution in [3.63, 3.8) is 0 Å². The quantitative estimate of drug-likeness (QED) is 0.460. The van der Waals surface area contributed by atoms with E-state index in [4.69, 9.17) is 0 Å². The highest BCUT2D eigenvalue weighted by Gasteiger charge is 1.90. The molecule has 0 aromatic carbocycles. The van der Waals surface area contributed by atoms with Gasteiger partial charge in [0.05, 0.1) is 0 Å². The molecule has 0 aromatic rings. The maximum atomic E-state index is 9.92. The largest absolute Gasteiger partial charge is 0.273 e. The fraction of sp³-hybridized carbons (Fsp3) is 0.500. The molecule has 3 N–H and O–H groups in total. The highest BCUT2D eigenvalue weighted by Crippen LogP contribution is 1.65. The number of carbonyl (C=O) groups excluding carboxylic acids is 1. The van der Waals surface area contributed by atoms with Crippen molar-refractivity contribution in [2.24, 2.45) is 5.14 Å². The molecule has 0 fully saturated rings. The lowest BCUT2D eigenvalue weighted by atomic mass is 10.8. The summed E-state index contributed by atoms with van der Waals surface area (Å²) in [6.45, 7) is 1.22. The third kappa shape index (κ3) is 5.54. The second-order valence-corrected chi connectivity index (χ2v) is 1.69. The number of hydroxylamine groups is 1. The minimum Gasteiger partial charge on any atom is -0.273 e. The summed E-state index contributed by atoms with van der Waals surface area (Å²) in [5.74, 6) is -0.441. The number of hydrogen-bond acceptors (Lipinski definition) is 3. The molecule has 0 heterocycles. The summed E-state index contributed by atoms with van der Waals surface area (Å²) < 4.78 is 13.8. The van der Waals surface area contributed by atoms with Gasteiger partial charge in [0.1, 0.15) is 0 Å². The van der Waals surface area contributed by atoms with E-state index in [1.807, 2.05) is 0 Å². The molecule has 0 saturated carbocycles. The van der Waals surface area contributed by atoms with E-state index in [9.17, 15) is 9.00 Å². The van der Waals surface area contributed by atoms with Gasteiger partial charge in [0, 0.05) is 6.92 Å². The first kappa shape index (κ1) is 7.54. The molecule has 0 bridgehead atoms. The van der Waals surface area contributed by atoms with Gasteiger partial charge in [-0.05, 0) is 0 Å². The number of carbonyl (C=O) groups is 1. The van der Waals surface area contributed by atoms with E-state index in [0.29, 0.717) is 0 Å². The summed E-state index contributed by atoms with van der Waals surface area (Å²) in [5.41, 5.74) is 1.78. The average Bonchev–Trinajstić information content (AvgIpc) is 1.61. The van der Waals surface area contributed by atoms with Gasteiger partial charge in [-0.25, -0.2) is 14.8 Å². The molecule has 0 rings (SSSR count). The van der Waals surface area contributed by atoms with Crippen LogP contribution in [0.3, 0.4) is 0 Å². The predicted molar refractivity (Wildman–Crippen MR) is 27.2 cm³/mol. The van der Waals surface area contributed by atoms with Crippen LogP contribution in [0.15, 0.2) is 0 Å². The van der Waals surface area contributed by atoms with Crippen LogP contribution in [0.4, 0.5) is 0 Å². The summed E-state index contributed by atoms with van der Waals surface area (Å²) in [7, 11) is 0. The molecule has 5 nitrogen and oxygen atoms in total. The summed E-state index contributed by atoms with van der Waals surface area (Å²) in [6.07, 6.45) is 0. The minimum atomic E-state index is -1.92. The molecule has 1 unspecified atom stereocenters. The Morgan fingerprint density at radius 1 is 1.88 bits per heavy atom. The molecule has 0 spiro atoms. The van der Waals surface area contributed by atoms with Crippen molar-refractivity contribution in [1.82, 2.24) is 5.48 Å². The standard InChI is InChI=1S/C2H6N2O3S/c1-2(5)4-7-8(3)6/h3H2,1H3,(H,4,5). The number of rotatable bonds is 2. The highest BCUT2D eigenvalue weighted by atomic mass is 32.2. The molecule has 0 radical (unpaired) electrons. The zero-order valence-electron chi connectivity index (χ0n) is 4.21. The van der Waals surface area contributed by atoms with Crippen LogP contribution >= 0.6 is 0 Å². The number of nitrogens with one attached hydrogen (secondary N) is 1. The van der Waals surface area contributed by atoms with E-state index in [1.165, 1.54) is 6.92 Å². The van der Waals surface area contributed by atoms with Crippen molar-refractivity contribution in [3.8, 4) is 0 Å². The van der Waals surface area contributed by atoms with Gasteiger partial charge in [-0.15, -0.1) is 0 Å². The predicted octanol–water partition coefficient (Wildman–Crippen LogP) is -1.41. The van der Waals surface area contributed by atoms with Crippen LogP contribution < -0.4 is 10.6 Å². The molecular formula is C2H6N2O3S. The van der Waals surface area contributed by atoms with Crippen molar-refractivity contribution in [3.05, 3.63) is 0 Å². The van der Waals surface area contributed by atoms with Crippen molar-refractivity contribution in [2.45, 2.75) is 6.92 Å². The number of hydrogen-bond donors (Lipinski definition) is 2. The zero-order chi connectivity index (χ0) is 6.57. The van der Waals surface area contributed by atoms with Crippen LogP contribution in [0.5, 0.6) is 0 Å². The Labute approximate surface area is 48.9 Å². The second-order valence-electron chi connectivity index (χ2n) is 1.00. The molecule has 1 amide bonds. The topological polar surface area (TPSA) is 81.4 Å². The third-order valence-corrected chi connectivity index (χ3v) is 0.515. The van der Waals surface area contributed by atoms with Crippen LogP contribution in [-0.2, 0) is 20.3 Å². The van der Waals surface area contributed by atoms with Gasteiger partial charge in [0.2, 0.25) is 5.91 Å². The first-order chi connectivity index (χ1) is 3.63. The van der Waals surface area contributed by atoms with Crippen LogP contribution in [0.1, 0.15) is 6.92 Å². The smallest absolute Gasteiger partial charge is 0.254 e. The monoisotopic (exact) mass is 138 g/mol. The molecule has 0 aromatic heterocycles. The zero-order valence-corrected chi connectivity index (χ0v) is 5.03. The molecule has 48 valence electrons. The first-order valence-corrected chi connectivity index (χ1v) is 2.87. The molecular weight excluding hydrogens is 132 g/mol. The Hall–Kier alpha value is -0.460. The molecule has 1 atom stereocenters. The number of nitrogens with two attached hydrogens (primary N) is 1. The van der Waals surface area contributed by atoms with Crippen molar-refractivity contribution in [2.75, 3.05) is 0 Å². The van der Waals surface area contributed by atoms with Crippen LogP contribution in [0.25, 0.3) is 0 Å². The van der Waals surface area contributed by atoms with E-state index in [2.05, 4.69) is 9.42 Å². The SMILES string of the molecule is CC(=O)NOS(N)=O. The van der Waals surface area contributed by atoms with E-state index in [-0.39, 0.29) is 0 Å². The molecule has 0 saturated heterocycles. The van der Waals surface area contributed by atoms with E-state index >= 15 is 0 Å². The van der Waals surface area contributed by atoms with E-state index < -0.39 is 17.2 Å². The molecule has 0 aliphatic heterocycles. The summed E-state index contributed by atoms with van der Waals surface area (Å²) in [4.78, 5) is 9.92. The summed E-state index contributed by atoms with van der Waals surface area (Å²) in [5, 5.41) is 4.58. The normalized spacial score (nSPS) is 12.8.